The van der Waals surface area contributed by atoms with Gasteiger partial charge < -0.3 is 14.8 Å². The summed E-state index contributed by atoms with van der Waals surface area (Å²) < 4.78 is 38.9. The van der Waals surface area contributed by atoms with Crippen molar-refractivity contribution < 1.29 is 27.5 Å². The summed E-state index contributed by atoms with van der Waals surface area (Å²) in [5.74, 6) is 0.145. The molecule has 10 nitrogen and oxygen atoms in total. The van der Waals surface area contributed by atoms with Gasteiger partial charge in [-0.2, -0.15) is 5.10 Å². The van der Waals surface area contributed by atoms with Crippen LogP contribution in [0.3, 0.4) is 0 Å². The zero-order valence-electron chi connectivity index (χ0n) is 23.8. The van der Waals surface area contributed by atoms with Gasteiger partial charge in [0.05, 0.1) is 23.4 Å². The van der Waals surface area contributed by atoms with Gasteiger partial charge in [0.25, 0.3) is 21.8 Å². The van der Waals surface area contributed by atoms with Crippen LogP contribution >= 0.6 is 0 Å². The predicted molar refractivity (Wildman–Crippen MR) is 166 cm³/mol. The van der Waals surface area contributed by atoms with Gasteiger partial charge in [-0.15, -0.1) is 0 Å². The second-order valence-electron chi connectivity index (χ2n) is 9.32. The molecule has 0 bridgehead atoms. The largest absolute Gasteiger partial charge is 0.494 e. The Balaban J connectivity index is 1.35. The number of carbonyl (C=O) groups excluding carboxylic acids is 2. The van der Waals surface area contributed by atoms with E-state index < -0.39 is 22.5 Å². The first-order chi connectivity index (χ1) is 20.7. The van der Waals surface area contributed by atoms with Crippen LogP contribution in [0.4, 0.5) is 11.4 Å². The van der Waals surface area contributed by atoms with E-state index in [-0.39, 0.29) is 17.4 Å². The van der Waals surface area contributed by atoms with Crippen molar-refractivity contribution in [3.05, 3.63) is 114 Å². The third-order valence-corrected chi connectivity index (χ3v) is 7.83. The van der Waals surface area contributed by atoms with Crippen molar-refractivity contribution in [3.8, 4) is 11.5 Å². The number of ether oxygens (including phenoxy) is 2. The van der Waals surface area contributed by atoms with Crippen LogP contribution in [0, 0.1) is 6.92 Å². The first kappa shape index (κ1) is 30.8. The van der Waals surface area contributed by atoms with Gasteiger partial charge in [0.15, 0.2) is 6.61 Å². The molecule has 0 radical (unpaired) electrons. The molecule has 0 saturated heterocycles. The molecule has 0 fully saturated rings. The highest BCUT2D eigenvalue weighted by atomic mass is 32.2. The van der Waals surface area contributed by atoms with E-state index in [9.17, 15) is 18.0 Å². The van der Waals surface area contributed by atoms with E-state index in [1.807, 2.05) is 38.1 Å². The summed E-state index contributed by atoms with van der Waals surface area (Å²) in [4.78, 5) is 25.0. The van der Waals surface area contributed by atoms with E-state index in [2.05, 4.69) is 15.8 Å². The van der Waals surface area contributed by atoms with Gasteiger partial charge in [0.2, 0.25) is 0 Å². The molecule has 0 heterocycles. The smallest absolute Gasteiger partial charge is 0.264 e. The molecule has 4 rings (SSSR count). The average Bonchev–Trinajstić information content (AvgIpc) is 3.02. The number of hydrogen-bond donors (Lipinski definition) is 2. The molecule has 2 amide bonds. The Morgan fingerprint density at radius 2 is 1.44 bits per heavy atom. The number of benzene rings is 4. The van der Waals surface area contributed by atoms with E-state index in [0.717, 1.165) is 9.87 Å². The third-order valence-electron chi connectivity index (χ3n) is 6.04. The summed E-state index contributed by atoms with van der Waals surface area (Å²) in [5.41, 5.74) is 5.12. The summed E-state index contributed by atoms with van der Waals surface area (Å²) >= 11 is 0. The molecule has 0 saturated carbocycles. The van der Waals surface area contributed by atoms with Crippen molar-refractivity contribution in [2.45, 2.75) is 18.7 Å². The first-order valence-electron chi connectivity index (χ1n) is 13.5. The zero-order chi connectivity index (χ0) is 30.7. The number of amides is 2. The second-order valence-corrected chi connectivity index (χ2v) is 11.2. The average molecular weight is 601 g/mol. The highest BCUT2D eigenvalue weighted by Crippen LogP contribution is 2.25. The minimum absolute atomic E-state index is 0.0510. The molecular formula is C32H32N4O6S. The predicted octanol–water partition coefficient (Wildman–Crippen LogP) is 4.76. The Bertz CT molecular complexity index is 1640. The highest BCUT2D eigenvalue weighted by molar-refractivity contribution is 7.92. The Kier molecular flexibility index (Phi) is 10.5. The maximum Gasteiger partial charge on any atom is 0.264 e. The fourth-order valence-electron chi connectivity index (χ4n) is 3.89. The van der Waals surface area contributed by atoms with Crippen molar-refractivity contribution in [2.24, 2.45) is 5.10 Å². The molecule has 0 spiro atoms. The van der Waals surface area contributed by atoms with E-state index in [4.69, 9.17) is 9.47 Å². The molecule has 0 atom stereocenters. The van der Waals surface area contributed by atoms with Crippen LogP contribution in [-0.4, -0.2) is 46.2 Å². The highest BCUT2D eigenvalue weighted by Gasteiger charge is 2.27. The minimum Gasteiger partial charge on any atom is -0.494 e. The normalized spacial score (nSPS) is 11.1. The molecule has 0 aliphatic carbocycles. The monoisotopic (exact) mass is 600 g/mol. The van der Waals surface area contributed by atoms with Gasteiger partial charge in [0, 0.05) is 5.69 Å². The molecule has 43 heavy (non-hydrogen) atoms. The van der Waals surface area contributed by atoms with Crippen LogP contribution in [0.15, 0.2) is 113 Å². The molecule has 4 aromatic carbocycles. The number of aryl methyl sites for hydroxylation is 1. The molecule has 2 N–H and O–H groups in total. The SMILES string of the molecule is CCOc1ccc(N(CC(=O)N/N=C\c2ccc(OCC(=O)Nc3ccc(C)cc3)cc2)S(=O)(=O)c2ccccc2)cc1. The van der Waals surface area contributed by atoms with Crippen molar-refractivity contribution in [3.63, 3.8) is 0 Å². The fraction of sp³-hybridized carbons (Fsp3) is 0.156. The molecule has 11 heteroatoms. The Morgan fingerprint density at radius 3 is 2.09 bits per heavy atom. The van der Waals surface area contributed by atoms with Crippen molar-refractivity contribution in [1.82, 2.24) is 5.43 Å². The number of nitrogens with one attached hydrogen (secondary N) is 2. The molecule has 0 unspecified atom stereocenters. The zero-order valence-corrected chi connectivity index (χ0v) is 24.6. The summed E-state index contributed by atoms with van der Waals surface area (Å²) in [7, 11) is -4.05. The third kappa shape index (κ3) is 8.91. The van der Waals surface area contributed by atoms with Crippen LogP contribution in [0.5, 0.6) is 11.5 Å². The van der Waals surface area contributed by atoms with E-state index >= 15 is 0 Å². The topological polar surface area (TPSA) is 126 Å². The number of nitrogens with zero attached hydrogens (tertiary/aromatic N) is 2. The minimum atomic E-state index is -4.05. The number of hydrogen-bond acceptors (Lipinski definition) is 7. The fourth-order valence-corrected chi connectivity index (χ4v) is 5.33. The van der Waals surface area contributed by atoms with Crippen molar-refractivity contribution >= 4 is 39.4 Å². The van der Waals surface area contributed by atoms with Crippen LogP contribution < -0.4 is 24.5 Å². The summed E-state index contributed by atoms with van der Waals surface area (Å²) in [6, 6.07) is 28.5. The molecule has 4 aromatic rings. The van der Waals surface area contributed by atoms with Gasteiger partial charge in [-0.05, 0) is 92.2 Å². The second kappa shape index (κ2) is 14.6. The summed E-state index contributed by atoms with van der Waals surface area (Å²) in [5, 5.41) is 6.73. The van der Waals surface area contributed by atoms with Gasteiger partial charge in [0.1, 0.15) is 18.0 Å². The Labute approximate surface area is 251 Å². The number of sulfonamides is 1. The van der Waals surface area contributed by atoms with Gasteiger partial charge in [-0.1, -0.05) is 35.9 Å². The van der Waals surface area contributed by atoms with E-state index in [0.29, 0.717) is 35.0 Å². The molecule has 0 aliphatic heterocycles. The Morgan fingerprint density at radius 1 is 0.814 bits per heavy atom. The lowest BCUT2D eigenvalue weighted by Crippen LogP contribution is -2.39. The standard InChI is InChI=1S/C32H32N4O6S/c1-3-41-28-19-15-27(16-20-28)36(43(39,40)30-7-5-4-6-8-30)22-31(37)35-33-21-25-11-17-29(18-12-25)42-23-32(38)34-26-13-9-24(2)10-14-26/h4-21H,3,22-23H2,1-2H3,(H,34,38)(H,35,37)/b33-21-. The number of hydrazone groups is 1. The van der Waals surface area contributed by atoms with E-state index in [1.165, 1.54) is 18.3 Å². The number of rotatable bonds is 13. The molecule has 222 valence electrons. The van der Waals surface area contributed by atoms with Crippen molar-refractivity contribution in [2.75, 3.05) is 29.4 Å². The van der Waals surface area contributed by atoms with E-state index in [1.54, 1.807) is 66.7 Å². The Hall–Kier alpha value is -5.16. The lowest BCUT2D eigenvalue weighted by Gasteiger charge is -2.24. The summed E-state index contributed by atoms with van der Waals surface area (Å²) in [6.45, 7) is 3.62. The van der Waals surface area contributed by atoms with Crippen LogP contribution in [0.1, 0.15) is 18.1 Å². The lowest BCUT2D eigenvalue weighted by atomic mass is 10.2. The van der Waals surface area contributed by atoms with Gasteiger partial charge in [-0.25, -0.2) is 13.8 Å². The molecule has 0 aromatic heterocycles. The van der Waals surface area contributed by atoms with Crippen LogP contribution in [0.2, 0.25) is 0 Å². The first-order valence-corrected chi connectivity index (χ1v) is 14.9. The van der Waals surface area contributed by atoms with Crippen LogP contribution in [-0.2, 0) is 19.6 Å². The number of anilines is 2. The van der Waals surface area contributed by atoms with Crippen molar-refractivity contribution in [1.29, 1.82) is 0 Å². The lowest BCUT2D eigenvalue weighted by molar-refractivity contribution is -0.119. The van der Waals surface area contributed by atoms with Gasteiger partial charge in [-0.3, -0.25) is 13.9 Å². The molecular weight excluding hydrogens is 568 g/mol. The number of carbonyl (C=O) groups is 2. The van der Waals surface area contributed by atoms with Crippen LogP contribution in [0.25, 0.3) is 0 Å². The maximum atomic E-state index is 13.4. The summed E-state index contributed by atoms with van der Waals surface area (Å²) in [6.07, 6.45) is 1.42. The van der Waals surface area contributed by atoms with Gasteiger partial charge >= 0.3 is 0 Å². The quantitative estimate of drug-likeness (QED) is 0.168. The molecule has 0 aliphatic rings. The maximum absolute atomic E-state index is 13.4.